The van der Waals surface area contributed by atoms with Crippen LogP contribution in [0.2, 0.25) is 0 Å². The Morgan fingerprint density at radius 2 is 2.21 bits per heavy atom. The number of hydrogen-bond acceptors (Lipinski definition) is 2. The number of benzene rings is 1. The maximum absolute atomic E-state index is 12.9. The molecule has 0 atom stereocenters. The van der Waals surface area contributed by atoms with Crippen LogP contribution in [0.25, 0.3) is 0 Å². The third kappa shape index (κ3) is 3.44. The molecule has 0 aliphatic carbocycles. The van der Waals surface area contributed by atoms with Gasteiger partial charge in [0, 0.05) is 6.54 Å². The molecule has 0 aliphatic heterocycles. The van der Waals surface area contributed by atoms with E-state index in [9.17, 15) is 9.18 Å². The van der Waals surface area contributed by atoms with Crippen molar-refractivity contribution in [2.24, 2.45) is 0 Å². The Balaban J connectivity index is 1.90. The maximum atomic E-state index is 12.9. The number of nitrogens with one attached hydrogen (secondary N) is 1. The van der Waals surface area contributed by atoms with Crippen molar-refractivity contribution in [3.8, 4) is 0 Å². The molecular weight excluding hydrogens is 313 g/mol. The molecule has 0 bridgehead atoms. The summed E-state index contributed by atoms with van der Waals surface area (Å²) in [4.78, 5) is 11.8. The van der Waals surface area contributed by atoms with E-state index >= 15 is 0 Å². The van der Waals surface area contributed by atoms with Crippen molar-refractivity contribution < 1.29 is 13.6 Å². The second kappa shape index (κ2) is 6.02. The monoisotopic (exact) mass is 325 g/mol. The minimum atomic E-state index is -0.243. The van der Waals surface area contributed by atoms with Gasteiger partial charge in [0.05, 0.1) is 11.8 Å². The van der Waals surface area contributed by atoms with E-state index in [1.165, 1.54) is 18.4 Å². The average molecular weight is 326 g/mol. The molecule has 3 nitrogen and oxygen atoms in total. The highest BCUT2D eigenvalue weighted by atomic mass is 79.9. The van der Waals surface area contributed by atoms with Gasteiger partial charge in [-0.2, -0.15) is 0 Å². The van der Waals surface area contributed by atoms with E-state index < -0.39 is 0 Å². The van der Waals surface area contributed by atoms with Gasteiger partial charge in [0.25, 0.3) is 5.91 Å². The van der Waals surface area contributed by atoms with Crippen LogP contribution in [0.15, 0.2) is 39.6 Å². The highest BCUT2D eigenvalue weighted by molar-refractivity contribution is 9.10. The molecule has 2 rings (SSSR count). The molecule has 19 heavy (non-hydrogen) atoms. The summed E-state index contributed by atoms with van der Waals surface area (Å²) in [6.07, 6.45) is 2.11. The van der Waals surface area contributed by atoms with Gasteiger partial charge in [0.1, 0.15) is 5.82 Å². The normalized spacial score (nSPS) is 10.5. The van der Waals surface area contributed by atoms with E-state index in [0.717, 1.165) is 11.1 Å². The number of aryl methyl sites for hydroxylation is 1. The quantitative estimate of drug-likeness (QED) is 0.935. The predicted molar refractivity (Wildman–Crippen MR) is 73.6 cm³/mol. The molecule has 0 aliphatic rings. The van der Waals surface area contributed by atoms with Crippen LogP contribution in [0.4, 0.5) is 4.39 Å². The molecule has 0 radical (unpaired) electrons. The number of furan rings is 1. The Labute approximate surface area is 118 Å². The summed E-state index contributed by atoms with van der Waals surface area (Å²) in [7, 11) is 0. The summed E-state index contributed by atoms with van der Waals surface area (Å²) in [5, 5.41) is 2.79. The average Bonchev–Trinajstić information content (AvgIpc) is 2.78. The van der Waals surface area contributed by atoms with Crippen LogP contribution < -0.4 is 5.32 Å². The van der Waals surface area contributed by atoms with Crippen molar-refractivity contribution in [1.29, 1.82) is 0 Å². The molecule has 0 saturated carbocycles. The van der Waals surface area contributed by atoms with Crippen LogP contribution in [0.1, 0.15) is 21.5 Å². The largest absolute Gasteiger partial charge is 0.457 e. The lowest BCUT2D eigenvalue weighted by atomic mass is 10.1. The second-order valence-corrected chi connectivity index (χ2v) is 4.90. The van der Waals surface area contributed by atoms with Crippen LogP contribution in [-0.4, -0.2) is 12.5 Å². The van der Waals surface area contributed by atoms with Crippen molar-refractivity contribution in [3.05, 3.63) is 57.7 Å². The van der Waals surface area contributed by atoms with E-state index in [-0.39, 0.29) is 11.7 Å². The summed E-state index contributed by atoms with van der Waals surface area (Å²) < 4.78 is 18.4. The molecular formula is C14H13BrFNO2. The van der Waals surface area contributed by atoms with Gasteiger partial charge < -0.3 is 9.73 Å². The van der Waals surface area contributed by atoms with Gasteiger partial charge in [-0.15, -0.1) is 0 Å². The lowest BCUT2D eigenvalue weighted by Crippen LogP contribution is -2.25. The molecule has 0 unspecified atom stereocenters. The fourth-order valence-electron chi connectivity index (χ4n) is 1.80. The van der Waals surface area contributed by atoms with Gasteiger partial charge >= 0.3 is 0 Å². The molecule has 5 heteroatoms. The van der Waals surface area contributed by atoms with E-state index in [2.05, 4.69) is 21.2 Å². The third-order valence-electron chi connectivity index (χ3n) is 2.85. The number of carbonyl (C=O) groups is 1. The van der Waals surface area contributed by atoms with Crippen molar-refractivity contribution >= 4 is 21.8 Å². The number of rotatable bonds is 4. The number of amides is 1. The van der Waals surface area contributed by atoms with Crippen LogP contribution in [-0.2, 0) is 6.42 Å². The molecule has 1 aromatic carbocycles. The highest BCUT2D eigenvalue weighted by Crippen LogP contribution is 2.17. The summed E-state index contributed by atoms with van der Waals surface area (Å²) in [6, 6.07) is 6.26. The first kappa shape index (κ1) is 13.8. The number of halogens is 2. The van der Waals surface area contributed by atoms with Crippen molar-refractivity contribution in [2.75, 3.05) is 6.54 Å². The summed E-state index contributed by atoms with van der Waals surface area (Å²) in [6.45, 7) is 2.34. The van der Waals surface area contributed by atoms with E-state index in [1.54, 1.807) is 12.1 Å². The predicted octanol–water partition coefficient (Wildman–Crippen LogP) is 3.46. The van der Waals surface area contributed by atoms with Crippen LogP contribution >= 0.6 is 15.9 Å². The van der Waals surface area contributed by atoms with Crippen LogP contribution in [0.3, 0.4) is 0 Å². The topological polar surface area (TPSA) is 42.2 Å². The number of carbonyl (C=O) groups excluding carboxylic acids is 1. The van der Waals surface area contributed by atoms with Crippen molar-refractivity contribution in [1.82, 2.24) is 5.32 Å². The maximum Gasteiger partial charge on any atom is 0.255 e. The van der Waals surface area contributed by atoms with E-state index in [1.807, 2.05) is 6.92 Å². The molecule has 2 aromatic rings. The first-order valence-electron chi connectivity index (χ1n) is 5.84. The van der Waals surface area contributed by atoms with Crippen molar-refractivity contribution in [2.45, 2.75) is 13.3 Å². The Morgan fingerprint density at radius 1 is 1.42 bits per heavy atom. The van der Waals surface area contributed by atoms with E-state index in [0.29, 0.717) is 23.2 Å². The summed E-state index contributed by atoms with van der Waals surface area (Å²) in [5.74, 6) is -0.437. The lowest BCUT2D eigenvalue weighted by molar-refractivity contribution is 0.0952. The molecule has 1 heterocycles. The SMILES string of the molecule is Cc1cc(F)ccc1CCNC(=O)c1ccoc1Br. The number of hydrogen-bond donors (Lipinski definition) is 1. The smallest absolute Gasteiger partial charge is 0.255 e. The third-order valence-corrected chi connectivity index (χ3v) is 3.46. The Kier molecular flexibility index (Phi) is 4.37. The highest BCUT2D eigenvalue weighted by Gasteiger charge is 2.11. The minimum Gasteiger partial charge on any atom is -0.457 e. The Hall–Kier alpha value is -1.62. The fourth-order valence-corrected chi connectivity index (χ4v) is 2.22. The zero-order chi connectivity index (χ0) is 13.8. The molecule has 100 valence electrons. The van der Waals surface area contributed by atoms with Gasteiger partial charge in [-0.05, 0) is 58.6 Å². The van der Waals surface area contributed by atoms with Gasteiger partial charge in [-0.3, -0.25) is 4.79 Å². The first-order chi connectivity index (χ1) is 9.08. The van der Waals surface area contributed by atoms with Crippen LogP contribution in [0.5, 0.6) is 0 Å². The first-order valence-corrected chi connectivity index (χ1v) is 6.63. The molecule has 0 saturated heterocycles. The fraction of sp³-hybridized carbons (Fsp3) is 0.214. The lowest BCUT2D eigenvalue weighted by Gasteiger charge is -2.07. The standard InChI is InChI=1S/C14H13BrFNO2/c1-9-8-11(16)3-2-10(9)4-6-17-14(18)12-5-7-19-13(12)15/h2-3,5,7-8H,4,6H2,1H3,(H,17,18). The zero-order valence-electron chi connectivity index (χ0n) is 10.4. The summed E-state index contributed by atoms with van der Waals surface area (Å²) in [5.41, 5.74) is 2.38. The zero-order valence-corrected chi connectivity index (χ0v) is 12.0. The Morgan fingerprint density at radius 3 is 2.84 bits per heavy atom. The van der Waals surface area contributed by atoms with E-state index in [4.69, 9.17) is 4.42 Å². The van der Waals surface area contributed by atoms with Crippen LogP contribution in [0, 0.1) is 12.7 Å². The molecule has 1 N–H and O–H groups in total. The van der Waals surface area contributed by atoms with Crippen molar-refractivity contribution in [3.63, 3.8) is 0 Å². The minimum absolute atomic E-state index is 0.194. The molecule has 1 aromatic heterocycles. The molecule has 0 fully saturated rings. The van der Waals surface area contributed by atoms with Gasteiger partial charge in [-0.25, -0.2) is 4.39 Å². The Bertz CT molecular complexity index is 595. The van der Waals surface area contributed by atoms with Gasteiger partial charge in [0.15, 0.2) is 4.67 Å². The molecule has 1 amide bonds. The van der Waals surface area contributed by atoms with Gasteiger partial charge in [-0.1, -0.05) is 6.07 Å². The molecule has 0 spiro atoms. The second-order valence-electron chi connectivity index (χ2n) is 4.18. The van der Waals surface area contributed by atoms with Gasteiger partial charge in [0.2, 0.25) is 0 Å². The summed E-state index contributed by atoms with van der Waals surface area (Å²) >= 11 is 3.15.